The molecule has 0 aliphatic carbocycles. The summed E-state index contributed by atoms with van der Waals surface area (Å²) < 4.78 is 61.5. The fourth-order valence-corrected chi connectivity index (χ4v) is 2.43. The van der Waals surface area contributed by atoms with E-state index in [1.165, 1.54) is 18.4 Å². The standard InChI is InChI=1S/C15H21F3O3S/c1-2-3-4-6-13-8-10-14(11-9-13)7-5-12-21-22(19,20)15(16,17)18/h8-11H,2-7,12H2,1H3. The highest BCUT2D eigenvalue weighted by Crippen LogP contribution is 2.24. The zero-order chi connectivity index (χ0) is 16.6. The van der Waals surface area contributed by atoms with Gasteiger partial charge in [0.2, 0.25) is 0 Å². The Bertz CT molecular complexity index is 536. The van der Waals surface area contributed by atoms with Crippen LogP contribution in [0.25, 0.3) is 0 Å². The van der Waals surface area contributed by atoms with Crippen molar-refractivity contribution < 1.29 is 25.8 Å². The van der Waals surface area contributed by atoms with Crippen LogP contribution in [0.5, 0.6) is 0 Å². The van der Waals surface area contributed by atoms with Gasteiger partial charge in [-0.25, -0.2) is 0 Å². The van der Waals surface area contributed by atoms with Gasteiger partial charge in [0.05, 0.1) is 6.61 Å². The van der Waals surface area contributed by atoms with Crippen LogP contribution in [0.2, 0.25) is 0 Å². The first kappa shape index (κ1) is 19.0. The maximum absolute atomic E-state index is 12.0. The average molecular weight is 338 g/mol. The Balaban J connectivity index is 2.34. The van der Waals surface area contributed by atoms with Gasteiger partial charge in [0.25, 0.3) is 0 Å². The van der Waals surface area contributed by atoms with Crippen molar-refractivity contribution in [1.82, 2.24) is 0 Å². The number of halogens is 3. The molecule has 7 heteroatoms. The van der Waals surface area contributed by atoms with Gasteiger partial charge in [-0.05, 0) is 36.8 Å². The van der Waals surface area contributed by atoms with Crippen LogP contribution in [-0.4, -0.2) is 20.5 Å². The van der Waals surface area contributed by atoms with Crippen LogP contribution in [0.4, 0.5) is 13.2 Å². The molecule has 0 atom stereocenters. The summed E-state index contributed by atoms with van der Waals surface area (Å²) in [6.07, 6.45) is 5.19. The molecule has 1 aromatic carbocycles. The zero-order valence-electron chi connectivity index (χ0n) is 12.5. The first-order chi connectivity index (χ1) is 10.3. The number of unbranched alkanes of at least 4 members (excludes halogenated alkanes) is 2. The van der Waals surface area contributed by atoms with Crippen molar-refractivity contribution in [3.8, 4) is 0 Å². The number of hydrogen-bond acceptors (Lipinski definition) is 3. The molecule has 0 saturated heterocycles. The maximum Gasteiger partial charge on any atom is 0.523 e. The lowest BCUT2D eigenvalue weighted by atomic mass is 10.0. The van der Waals surface area contributed by atoms with Crippen LogP contribution in [-0.2, 0) is 27.1 Å². The zero-order valence-corrected chi connectivity index (χ0v) is 13.3. The first-order valence-electron chi connectivity index (χ1n) is 7.30. The van der Waals surface area contributed by atoms with Crippen LogP contribution in [0.15, 0.2) is 24.3 Å². The van der Waals surface area contributed by atoms with Crippen LogP contribution in [0.3, 0.4) is 0 Å². The molecule has 0 aliphatic rings. The van der Waals surface area contributed by atoms with Crippen molar-refractivity contribution in [2.24, 2.45) is 0 Å². The number of benzene rings is 1. The van der Waals surface area contributed by atoms with Gasteiger partial charge < -0.3 is 0 Å². The summed E-state index contributed by atoms with van der Waals surface area (Å²) in [5.41, 5.74) is -3.17. The third kappa shape index (κ3) is 6.36. The minimum atomic E-state index is -5.47. The lowest BCUT2D eigenvalue weighted by molar-refractivity contribution is -0.0542. The van der Waals surface area contributed by atoms with Crippen LogP contribution in [0.1, 0.15) is 43.7 Å². The highest BCUT2D eigenvalue weighted by Gasteiger charge is 2.47. The second-order valence-electron chi connectivity index (χ2n) is 5.10. The van der Waals surface area contributed by atoms with Gasteiger partial charge in [-0.2, -0.15) is 21.6 Å². The predicted octanol–water partition coefficient (Wildman–Crippen LogP) is 4.22. The van der Waals surface area contributed by atoms with E-state index in [1.807, 2.05) is 24.3 Å². The Morgan fingerprint density at radius 1 is 0.955 bits per heavy atom. The summed E-state index contributed by atoms with van der Waals surface area (Å²) in [5, 5.41) is 0. The SMILES string of the molecule is CCCCCc1ccc(CCCOS(=O)(=O)C(F)(F)F)cc1. The highest BCUT2D eigenvalue weighted by molar-refractivity contribution is 7.87. The van der Waals surface area contributed by atoms with Gasteiger partial charge in [0.15, 0.2) is 0 Å². The van der Waals surface area contributed by atoms with Gasteiger partial charge >= 0.3 is 15.6 Å². The average Bonchev–Trinajstić information content (AvgIpc) is 2.44. The van der Waals surface area contributed by atoms with E-state index in [9.17, 15) is 21.6 Å². The lowest BCUT2D eigenvalue weighted by Crippen LogP contribution is -2.25. The Kier molecular flexibility index (Phi) is 7.35. The number of rotatable bonds is 9. The molecule has 0 saturated carbocycles. The van der Waals surface area contributed by atoms with Gasteiger partial charge in [-0.1, -0.05) is 44.0 Å². The molecule has 0 unspecified atom stereocenters. The predicted molar refractivity (Wildman–Crippen MR) is 78.9 cm³/mol. The van der Waals surface area contributed by atoms with E-state index in [0.29, 0.717) is 6.42 Å². The van der Waals surface area contributed by atoms with E-state index in [2.05, 4.69) is 11.1 Å². The largest absolute Gasteiger partial charge is 0.523 e. The molecule has 0 bridgehead atoms. The molecule has 0 aromatic heterocycles. The molecule has 3 nitrogen and oxygen atoms in total. The normalized spacial score (nSPS) is 12.5. The molecule has 0 amide bonds. The van der Waals surface area contributed by atoms with E-state index in [-0.39, 0.29) is 6.42 Å². The second-order valence-corrected chi connectivity index (χ2v) is 6.71. The van der Waals surface area contributed by atoms with Crippen molar-refractivity contribution in [1.29, 1.82) is 0 Å². The third-order valence-electron chi connectivity index (χ3n) is 3.22. The number of aryl methyl sites for hydroxylation is 2. The summed E-state index contributed by atoms with van der Waals surface area (Å²) in [7, 11) is -5.47. The summed E-state index contributed by atoms with van der Waals surface area (Å²) in [5.74, 6) is 0. The van der Waals surface area contributed by atoms with Crippen molar-refractivity contribution in [2.75, 3.05) is 6.61 Å². The van der Waals surface area contributed by atoms with E-state index in [1.54, 1.807) is 0 Å². The highest BCUT2D eigenvalue weighted by atomic mass is 32.2. The maximum atomic E-state index is 12.0. The molecule has 0 fully saturated rings. The van der Waals surface area contributed by atoms with E-state index in [4.69, 9.17) is 0 Å². The Hall–Kier alpha value is -1.08. The molecule has 0 heterocycles. The molecular weight excluding hydrogens is 317 g/mol. The number of hydrogen-bond donors (Lipinski definition) is 0. The van der Waals surface area contributed by atoms with Crippen LogP contribution >= 0.6 is 0 Å². The van der Waals surface area contributed by atoms with Crippen LogP contribution < -0.4 is 0 Å². The lowest BCUT2D eigenvalue weighted by Gasteiger charge is -2.08. The van der Waals surface area contributed by atoms with Gasteiger partial charge in [-0.15, -0.1) is 0 Å². The molecule has 22 heavy (non-hydrogen) atoms. The summed E-state index contributed by atoms with van der Waals surface area (Å²) in [4.78, 5) is 0. The monoisotopic (exact) mass is 338 g/mol. The minimum Gasteiger partial charge on any atom is -0.263 e. The molecule has 1 rings (SSSR count). The molecule has 0 N–H and O–H groups in total. The Labute approximate surface area is 129 Å². The third-order valence-corrected chi connectivity index (χ3v) is 4.27. The molecular formula is C15H21F3O3S. The Morgan fingerprint density at radius 3 is 1.91 bits per heavy atom. The molecule has 0 aliphatic heterocycles. The van der Waals surface area contributed by atoms with E-state index < -0.39 is 22.2 Å². The van der Waals surface area contributed by atoms with Gasteiger partial charge in [0.1, 0.15) is 0 Å². The fraction of sp³-hybridized carbons (Fsp3) is 0.600. The molecule has 0 spiro atoms. The first-order valence-corrected chi connectivity index (χ1v) is 8.70. The fourth-order valence-electron chi connectivity index (χ4n) is 1.96. The Morgan fingerprint density at radius 2 is 1.45 bits per heavy atom. The smallest absolute Gasteiger partial charge is 0.263 e. The van der Waals surface area contributed by atoms with Gasteiger partial charge in [-0.3, -0.25) is 4.18 Å². The van der Waals surface area contributed by atoms with Crippen molar-refractivity contribution in [3.63, 3.8) is 0 Å². The second kappa shape index (κ2) is 8.53. The van der Waals surface area contributed by atoms with Crippen molar-refractivity contribution in [2.45, 2.75) is 51.0 Å². The van der Waals surface area contributed by atoms with Crippen LogP contribution in [0, 0.1) is 0 Å². The topological polar surface area (TPSA) is 43.4 Å². The van der Waals surface area contributed by atoms with E-state index in [0.717, 1.165) is 18.4 Å². The minimum absolute atomic E-state index is 0.213. The quantitative estimate of drug-likeness (QED) is 0.385. The summed E-state index contributed by atoms with van der Waals surface area (Å²) in [6.45, 7) is 1.67. The summed E-state index contributed by atoms with van der Waals surface area (Å²) >= 11 is 0. The van der Waals surface area contributed by atoms with Crippen molar-refractivity contribution in [3.05, 3.63) is 35.4 Å². The van der Waals surface area contributed by atoms with Gasteiger partial charge in [0, 0.05) is 0 Å². The summed E-state index contributed by atoms with van der Waals surface area (Å²) in [6, 6.07) is 7.83. The van der Waals surface area contributed by atoms with Crippen molar-refractivity contribution >= 4 is 10.1 Å². The number of alkyl halides is 3. The molecule has 1 aromatic rings. The van der Waals surface area contributed by atoms with E-state index >= 15 is 0 Å². The molecule has 126 valence electrons. The molecule has 0 radical (unpaired) electrons.